The van der Waals surface area contributed by atoms with Gasteiger partial charge in [-0.15, -0.1) is 0 Å². The molecule has 0 radical (unpaired) electrons. The number of hydrogen-bond donors (Lipinski definition) is 2. The first-order valence-corrected chi connectivity index (χ1v) is 7.99. The molecule has 0 heterocycles. The van der Waals surface area contributed by atoms with Gasteiger partial charge < -0.3 is 20.1 Å². The van der Waals surface area contributed by atoms with E-state index in [0.717, 1.165) is 23.0 Å². The van der Waals surface area contributed by atoms with Crippen molar-refractivity contribution in [1.29, 1.82) is 0 Å². The second kappa shape index (κ2) is 9.57. The maximum atomic E-state index is 5.86. The lowest BCUT2D eigenvalue weighted by atomic mass is 10.2. The number of para-hydroxylation sites is 1. The van der Waals surface area contributed by atoms with Gasteiger partial charge in [0.25, 0.3) is 0 Å². The summed E-state index contributed by atoms with van der Waals surface area (Å²) >= 11 is 0. The second-order valence-electron chi connectivity index (χ2n) is 5.49. The molecule has 0 aliphatic rings. The number of nitrogens with zero attached hydrogens (tertiary/aromatic N) is 1. The Morgan fingerprint density at radius 3 is 2.54 bits per heavy atom. The smallest absolute Gasteiger partial charge is 0.191 e. The summed E-state index contributed by atoms with van der Waals surface area (Å²) in [5.74, 6) is 2.39. The van der Waals surface area contributed by atoms with Gasteiger partial charge >= 0.3 is 0 Å². The Hall–Kier alpha value is -2.53. The standard InChI is InChI=1S/C19H25N3O2/c1-15(14-23-3)22-19(20-2)21-13-16-8-7-11-18(12-16)24-17-9-5-4-6-10-17/h4-12,15H,13-14H2,1-3H3,(H2,20,21,22). The average molecular weight is 327 g/mol. The highest BCUT2D eigenvalue weighted by atomic mass is 16.5. The van der Waals surface area contributed by atoms with Crippen LogP contribution in [0.15, 0.2) is 59.6 Å². The Kier molecular flexibility index (Phi) is 7.11. The summed E-state index contributed by atoms with van der Waals surface area (Å²) in [4.78, 5) is 4.22. The van der Waals surface area contributed by atoms with Crippen LogP contribution in [0.5, 0.6) is 11.5 Å². The topological polar surface area (TPSA) is 54.9 Å². The van der Waals surface area contributed by atoms with Crippen LogP contribution in [0.1, 0.15) is 12.5 Å². The van der Waals surface area contributed by atoms with Gasteiger partial charge in [-0.3, -0.25) is 4.99 Å². The Morgan fingerprint density at radius 1 is 1.08 bits per heavy atom. The number of benzene rings is 2. The Morgan fingerprint density at radius 2 is 1.83 bits per heavy atom. The fourth-order valence-corrected chi connectivity index (χ4v) is 2.25. The van der Waals surface area contributed by atoms with Crippen LogP contribution in [-0.2, 0) is 11.3 Å². The summed E-state index contributed by atoms with van der Waals surface area (Å²) < 4.78 is 11.0. The van der Waals surface area contributed by atoms with Crippen molar-refractivity contribution >= 4 is 5.96 Å². The van der Waals surface area contributed by atoms with Gasteiger partial charge in [0.1, 0.15) is 11.5 Å². The fraction of sp³-hybridized carbons (Fsp3) is 0.316. The van der Waals surface area contributed by atoms with Crippen molar-refractivity contribution in [2.75, 3.05) is 20.8 Å². The number of guanidine groups is 1. The molecule has 5 heteroatoms. The van der Waals surface area contributed by atoms with Crippen molar-refractivity contribution in [3.05, 3.63) is 60.2 Å². The van der Waals surface area contributed by atoms with Crippen molar-refractivity contribution in [3.63, 3.8) is 0 Å². The van der Waals surface area contributed by atoms with Crippen LogP contribution >= 0.6 is 0 Å². The highest BCUT2D eigenvalue weighted by molar-refractivity contribution is 5.79. The third-order valence-corrected chi connectivity index (χ3v) is 3.36. The van der Waals surface area contributed by atoms with Crippen LogP contribution in [0, 0.1) is 0 Å². The van der Waals surface area contributed by atoms with Crippen LogP contribution < -0.4 is 15.4 Å². The van der Waals surface area contributed by atoms with Gasteiger partial charge in [0.05, 0.1) is 6.61 Å². The Bertz CT molecular complexity index is 644. The third-order valence-electron chi connectivity index (χ3n) is 3.36. The van der Waals surface area contributed by atoms with E-state index in [-0.39, 0.29) is 6.04 Å². The highest BCUT2D eigenvalue weighted by Gasteiger charge is 2.05. The quantitative estimate of drug-likeness (QED) is 0.606. The maximum Gasteiger partial charge on any atom is 0.191 e. The fourth-order valence-electron chi connectivity index (χ4n) is 2.25. The van der Waals surface area contributed by atoms with E-state index in [2.05, 4.69) is 21.7 Å². The van der Waals surface area contributed by atoms with Crippen LogP contribution in [-0.4, -0.2) is 32.8 Å². The molecule has 2 N–H and O–H groups in total. The zero-order chi connectivity index (χ0) is 17.2. The zero-order valence-corrected chi connectivity index (χ0v) is 14.5. The molecule has 0 aliphatic heterocycles. The van der Waals surface area contributed by atoms with Gasteiger partial charge in [-0.2, -0.15) is 0 Å². The predicted octanol–water partition coefficient (Wildman–Crippen LogP) is 3.18. The molecule has 24 heavy (non-hydrogen) atoms. The van der Waals surface area contributed by atoms with Gasteiger partial charge in [-0.25, -0.2) is 0 Å². The van der Waals surface area contributed by atoms with Crippen LogP contribution in [0.4, 0.5) is 0 Å². The zero-order valence-electron chi connectivity index (χ0n) is 14.5. The number of nitrogens with one attached hydrogen (secondary N) is 2. The van der Waals surface area contributed by atoms with Gasteiger partial charge in [0.2, 0.25) is 0 Å². The van der Waals surface area contributed by atoms with Gasteiger partial charge in [0.15, 0.2) is 5.96 Å². The summed E-state index contributed by atoms with van der Waals surface area (Å²) in [5.41, 5.74) is 1.12. The van der Waals surface area contributed by atoms with E-state index in [1.165, 1.54) is 0 Å². The van der Waals surface area contributed by atoms with Crippen molar-refractivity contribution in [2.24, 2.45) is 4.99 Å². The Balaban J connectivity index is 1.91. The molecule has 1 atom stereocenters. The highest BCUT2D eigenvalue weighted by Crippen LogP contribution is 2.21. The summed E-state index contributed by atoms with van der Waals surface area (Å²) in [6.45, 7) is 3.33. The van der Waals surface area contributed by atoms with Crippen LogP contribution in [0.2, 0.25) is 0 Å². The molecule has 0 bridgehead atoms. The lowest BCUT2D eigenvalue weighted by Gasteiger charge is -2.17. The predicted molar refractivity (Wildman–Crippen MR) is 97.6 cm³/mol. The molecule has 2 rings (SSSR count). The average Bonchev–Trinajstić information content (AvgIpc) is 2.60. The van der Waals surface area contributed by atoms with Gasteiger partial charge in [-0.1, -0.05) is 30.3 Å². The second-order valence-corrected chi connectivity index (χ2v) is 5.49. The van der Waals surface area contributed by atoms with E-state index < -0.39 is 0 Å². The van der Waals surface area contributed by atoms with Gasteiger partial charge in [-0.05, 0) is 36.8 Å². The van der Waals surface area contributed by atoms with Crippen molar-refractivity contribution < 1.29 is 9.47 Å². The number of rotatable bonds is 7. The molecule has 0 fully saturated rings. The minimum atomic E-state index is 0.189. The third kappa shape index (κ3) is 5.93. The summed E-state index contributed by atoms with van der Waals surface area (Å²) in [5, 5.41) is 6.57. The normalized spacial score (nSPS) is 12.5. The molecule has 1 unspecified atom stereocenters. The van der Waals surface area contributed by atoms with E-state index >= 15 is 0 Å². The van der Waals surface area contributed by atoms with Gasteiger partial charge in [0, 0.05) is 26.7 Å². The van der Waals surface area contributed by atoms with E-state index in [9.17, 15) is 0 Å². The van der Waals surface area contributed by atoms with Crippen LogP contribution in [0.3, 0.4) is 0 Å². The minimum absolute atomic E-state index is 0.189. The summed E-state index contributed by atoms with van der Waals surface area (Å²) in [6.07, 6.45) is 0. The molecule has 0 aromatic heterocycles. The molecule has 0 saturated heterocycles. The van der Waals surface area contributed by atoms with Crippen molar-refractivity contribution in [3.8, 4) is 11.5 Å². The summed E-state index contributed by atoms with van der Waals surface area (Å²) in [6, 6.07) is 18.0. The number of methoxy groups -OCH3 is 1. The molecule has 0 aliphatic carbocycles. The van der Waals surface area contributed by atoms with Crippen LogP contribution in [0.25, 0.3) is 0 Å². The largest absolute Gasteiger partial charge is 0.457 e. The van der Waals surface area contributed by atoms with Crippen molar-refractivity contribution in [1.82, 2.24) is 10.6 Å². The summed E-state index contributed by atoms with van der Waals surface area (Å²) in [7, 11) is 3.44. The molecular weight excluding hydrogens is 302 g/mol. The number of aliphatic imine (C=N–C) groups is 1. The molecule has 2 aromatic carbocycles. The Labute approximate surface area is 143 Å². The first-order valence-electron chi connectivity index (χ1n) is 7.99. The SMILES string of the molecule is CN=C(NCc1cccc(Oc2ccccc2)c1)NC(C)COC. The monoisotopic (exact) mass is 327 g/mol. The first-order chi connectivity index (χ1) is 11.7. The number of hydrogen-bond acceptors (Lipinski definition) is 3. The van der Waals surface area contributed by atoms with E-state index in [1.54, 1.807) is 14.2 Å². The van der Waals surface area contributed by atoms with E-state index in [4.69, 9.17) is 9.47 Å². The molecule has 0 saturated carbocycles. The van der Waals surface area contributed by atoms with E-state index in [1.807, 2.05) is 55.5 Å². The molecule has 5 nitrogen and oxygen atoms in total. The minimum Gasteiger partial charge on any atom is -0.457 e. The molecule has 2 aromatic rings. The van der Waals surface area contributed by atoms with E-state index in [0.29, 0.717) is 13.2 Å². The lowest BCUT2D eigenvalue weighted by Crippen LogP contribution is -2.43. The van der Waals surface area contributed by atoms with Crippen molar-refractivity contribution in [2.45, 2.75) is 19.5 Å². The maximum absolute atomic E-state index is 5.86. The molecule has 128 valence electrons. The molecular formula is C19H25N3O2. The number of ether oxygens (including phenoxy) is 2. The lowest BCUT2D eigenvalue weighted by molar-refractivity contribution is 0.179. The first kappa shape index (κ1) is 17.8. The molecule has 0 amide bonds. The molecule has 0 spiro atoms.